The highest BCUT2D eigenvalue weighted by Crippen LogP contribution is 2.24. The number of carbonyl (C=O) groups is 1. The molecular weight excluding hydrogens is 446 g/mol. The molecule has 0 aliphatic heterocycles. The molecule has 1 aromatic rings. The molecule has 0 bridgehead atoms. The van der Waals surface area contributed by atoms with Gasteiger partial charge >= 0.3 is 0 Å². The Morgan fingerprint density at radius 3 is 2.54 bits per heavy atom. The smallest absolute Gasteiger partial charge is 0.188 e. The van der Waals surface area contributed by atoms with Gasteiger partial charge in [0, 0.05) is 21.0 Å². The van der Waals surface area contributed by atoms with Crippen LogP contribution in [0.1, 0.15) is 82.4 Å². The summed E-state index contributed by atoms with van der Waals surface area (Å²) in [7, 11) is 0. The third kappa shape index (κ3) is 12.0. The van der Waals surface area contributed by atoms with Crippen LogP contribution in [-0.2, 0) is 11.2 Å². The summed E-state index contributed by atoms with van der Waals surface area (Å²) < 4.78 is 0. The van der Waals surface area contributed by atoms with Crippen molar-refractivity contribution < 1.29 is 4.79 Å². The molecule has 0 aliphatic carbocycles. The molecule has 0 saturated carbocycles. The number of hydrogen-bond acceptors (Lipinski definition) is 3. The Morgan fingerprint density at radius 1 is 1.11 bits per heavy atom. The molecule has 190 valence electrons. The van der Waals surface area contributed by atoms with Crippen LogP contribution in [0, 0.1) is 5.92 Å². The van der Waals surface area contributed by atoms with Crippen molar-refractivity contribution in [3.8, 4) is 0 Å². The summed E-state index contributed by atoms with van der Waals surface area (Å²) in [5.74, 6) is 0.481. The van der Waals surface area contributed by atoms with Gasteiger partial charge in [-0.3, -0.25) is 4.79 Å². The monoisotopic (exact) mass is 491 g/mol. The van der Waals surface area contributed by atoms with Crippen molar-refractivity contribution in [2.45, 2.75) is 79.1 Å². The maximum absolute atomic E-state index is 13.1. The summed E-state index contributed by atoms with van der Waals surface area (Å²) in [6.45, 7) is 20.0. The molecule has 1 rings (SSSR count). The number of rotatable bonds is 18. The van der Waals surface area contributed by atoms with Crippen molar-refractivity contribution in [2.75, 3.05) is 0 Å². The van der Waals surface area contributed by atoms with Crippen molar-refractivity contribution in [3.63, 3.8) is 0 Å². The van der Waals surface area contributed by atoms with Gasteiger partial charge in [0.2, 0.25) is 0 Å². The summed E-state index contributed by atoms with van der Waals surface area (Å²) in [4.78, 5) is 15.6. The van der Waals surface area contributed by atoms with Crippen LogP contribution in [0.3, 0.4) is 0 Å². The average Bonchev–Trinajstić information content (AvgIpc) is 3.30. The molecule has 0 radical (unpaired) electrons. The van der Waals surface area contributed by atoms with Gasteiger partial charge in [0.1, 0.15) is 0 Å². The van der Waals surface area contributed by atoms with Crippen LogP contribution >= 0.6 is 11.3 Å². The third-order valence-electron chi connectivity index (χ3n) is 6.08. The van der Waals surface area contributed by atoms with Crippen LogP contribution in [0.5, 0.6) is 0 Å². The zero-order valence-electron chi connectivity index (χ0n) is 22.4. The number of allylic oxidation sites excluding steroid dienone is 9. The molecule has 0 amide bonds. The molecule has 0 saturated heterocycles. The number of hydrogen-bond donors (Lipinski definition) is 1. The number of unbranched alkanes of at least 4 members (excludes halogenated alkanes) is 2. The molecule has 1 N–H and O–H groups in total. The van der Waals surface area contributed by atoms with Crippen molar-refractivity contribution in [3.05, 3.63) is 101 Å². The maximum atomic E-state index is 13.1. The van der Waals surface area contributed by atoms with E-state index in [1.165, 1.54) is 23.3 Å². The molecule has 3 heteroatoms. The number of ketones is 1. The van der Waals surface area contributed by atoms with Crippen molar-refractivity contribution in [1.82, 2.24) is 5.32 Å². The van der Waals surface area contributed by atoms with Gasteiger partial charge in [-0.2, -0.15) is 0 Å². The van der Waals surface area contributed by atoms with E-state index >= 15 is 0 Å². The first-order chi connectivity index (χ1) is 16.9. The minimum absolute atomic E-state index is 0.0328. The van der Waals surface area contributed by atoms with E-state index in [4.69, 9.17) is 0 Å². The van der Waals surface area contributed by atoms with Crippen LogP contribution in [0.4, 0.5) is 0 Å². The second-order valence-corrected chi connectivity index (χ2v) is 10.1. The van der Waals surface area contributed by atoms with Gasteiger partial charge in [-0.05, 0) is 94.2 Å². The average molecular weight is 492 g/mol. The molecule has 1 aromatic heterocycles. The van der Waals surface area contributed by atoms with E-state index < -0.39 is 0 Å². The lowest BCUT2D eigenvalue weighted by Crippen LogP contribution is -2.03. The van der Waals surface area contributed by atoms with Gasteiger partial charge in [0.15, 0.2) is 5.78 Å². The Kier molecular flexibility index (Phi) is 15.4. The van der Waals surface area contributed by atoms with E-state index in [1.54, 1.807) is 17.4 Å². The molecule has 0 aromatic carbocycles. The highest BCUT2D eigenvalue weighted by atomic mass is 32.1. The van der Waals surface area contributed by atoms with Gasteiger partial charge in [-0.15, -0.1) is 17.9 Å². The quantitative estimate of drug-likeness (QED) is 0.0958. The summed E-state index contributed by atoms with van der Waals surface area (Å²) in [5.41, 5.74) is 3.75. The standard InChI is InChI=1S/C32H45NOS/c1-8-12-13-14-18-30-21-22-31(35-30)24-26(6)32(34)29(11-4)20-19-28(10-3)25(5)17-15-16-23-33-27(7)9-2/h8,11,16,19-25,33H,1,4,7,9-10,12-15,17-18H2,2-3,5-6H3/b23-16+,26-24+,28-19+,29-20+. The van der Waals surface area contributed by atoms with E-state index in [9.17, 15) is 4.79 Å². The van der Waals surface area contributed by atoms with Gasteiger partial charge in [0.25, 0.3) is 0 Å². The first-order valence-corrected chi connectivity index (χ1v) is 13.7. The Labute approximate surface area is 218 Å². The molecular formula is C32H45NOS. The maximum Gasteiger partial charge on any atom is 0.188 e. The minimum Gasteiger partial charge on any atom is -0.366 e. The lowest BCUT2D eigenvalue weighted by molar-refractivity contribution is -0.111. The van der Waals surface area contributed by atoms with Crippen LogP contribution in [0.2, 0.25) is 0 Å². The fourth-order valence-electron chi connectivity index (χ4n) is 3.66. The fourth-order valence-corrected chi connectivity index (χ4v) is 4.72. The van der Waals surface area contributed by atoms with E-state index in [1.807, 2.05) is 31.4 Å². The zero-order chi connectivity index (χ0) is 26.1. The van der Waals surface area contributed by atoms with E-state index in [-0.39, 0.29) is 5.78 Å². The van der Waals surface area contributed by atoms with Gasteiger partial charge in [0.05, 0.1) is 0 Å². The van der Waals surface area contributed by atoms with Crippen molar-refractivity contribution >= 4 is 23.2 Å². The Balaban J connectivity index is 2.78. The van der Waals surface area contributed by atoms with Crippen LogP contribution < -0.4 is 5.32 Å². The molecule has 0 aliphatic rings. The number of aryl methyl sites for hydroxylation is 1. The van der Waals surface area contributed by atoms with Crippen LogP contribution in [0.15, 0.2) is 90.9 Å². The summed E-state index contributed by atoms with van der Waals surface area (Å²) in [6, 6.07) is 4.29. The molecule has 35 heavy (non-hydrogen) atoms. The molecule has 2 nitrogen and oxygen atoms in total. The normalized spacial score (nSPS) is 13.7. The summed E-state index contributed by atoms with van der Waals surface area (Å²) in [5, 5.41) is 3.20. The van der Waals surface area contributed by atoms with Crippen molar-refractivity contribution in [1.29, 1.82) is 0 Å². The Morgan fingerprint density at radius 2 is 1.89 bits per heavy atom. The predicted molar refractivity (Wildman–Crippen MR) is 157 cm³/mol. The second-order valence-electron chi connectivity index (χ2n) is 8.90. The SMILES string of the molecule is C=CCCCCc1ccc(/C=C(\C)C(=O)/C(C=C)=C/C=C(\CC)C(C)CC/C=C/NC(=C)CC)s1. The topological polar surface area (TPSA) is 29.1 Å². The van der Waals surface area contributed by atoms with E-state index in [0.717, 1.165) is 54.7 Å². The molecule has 1 unspecified atom stereocenters. The first kappa shape index (κ1) is 30.4. The van der Waals surface area contributed by atoms with E-state index in [2.05, 4.69) is 70.1 Å². The summed E-state index contributed by atoms with van der Waals surface area (Å²) >= 11 is 1.77. The molecule has 1 atom stereocenters. The highest BCUT2D eigenvalue weighted by Gasteiger charge is 2.10. The van der Waals surface area contributed by atoms with Gasteiger partial charge in [-0.1, -0.05) is 69.9 Å². The molecule has 0 fully saturated rings. The number of nitrogens with one attached hydrogen (secondary N) is 1. The fraction of sp³-hybridized carbons (Fsp3) is 0.406. The van der Waals surface area contributed by atoms with Crippen LogP contribution in [0.25, 0.3) is 6.08 Å². The first-order valence-electron chi connectivity index (χ1n) is 12.9. The predicted octanol–water partition coefficient (Wildman–Crippen LogP) is 9.51. The Bertz CT molecular complexity index is 954. The zero-order valence-corrected chi connectivity index (χ0v) is 23.2. The number of Topliss-reactive ketones (excluding diaryl/α,β-unsaturated/α-hetero) is 1. The second kappa shape index (κ2) is 17.7. The number of thiophene rings is 1. The van der Waals surface area contributed by atoms with E-state index in [0.29, 0.717) is 11.5 Å². The van der Waals surface area contributed by atoms with Gasteiger partial charge < -0.3 is 5.32 Å². The Hall–Kier alpha value is -2.65. The lowest BCUT2D eigenvalue weighted by atomic mass is 9.93. The molecule has 0 spiro atoms. The van der Waals surface area contributed by atoms with Crippen molar-refractivity contribution in [2.24, 2.45) is 5.92 Å². The summed E-state index contributed by atoms with van der Waals surface area (Å²) in [6.07, 6.45) is 22.3. The minimum atomic E-state index is 0.0328. The molecule has 1 heterocycles. The lowest BCUT2D eigenvalue weighted by Gasteiger charge is -2.13. The van der Waals surface area contributed by atoms with Gasteiger partial charge in [-0.25, -0.2) is 0 Å². The van der Waals surface area contributed by atoms with Crippen LogP contribution in [-0.4, -0.2) is 5.78 Å². The number of carbonyl (C=O) groups excluding carboxylic acids is 1. The third-order valence-corrected chi connectivity index (χ3v) is 7.17. The highest BCUT2D eigenvalue weighted by molar-refractivity contribution is 7.12. The largest absolute Gasteiger partial charge is 0.366 e.